The van der Waals surface area contributed by atoms with E-state index in [0.717, 1.165) is 10.6 Å². The van der Waals surface area contributed by atoms with Crippen LogP contribution in [0.25, 0.3) is 0 Å². The van der Waals surface area contributed by atoms with Crippen molar-refractivity contribution in [2.45, 2.75) is 12.8 Å². The number of hydrogen-bond donors (Lipinski definition) is 1. The highest BCUT2D eigenvalue weighted by atomic mass is 35.5. The number of carbonyl (C=O) groups excluding carboxylic acids is 1. The highest BCUT2D eigenvalue weighted by Crippen LogP contribution is 2.32. The summed E-state index contributed by atoms with van der Waals surface area (Å²) >= 11 is 24.1. The zero-order chi connectivity index (χ0) is 20.2. The summed E-state index contributed by atoms with van der Waals surface area (Å²) in [6.07, 6.45) is 1.38. The molecule has 27 heavy (non-hydrogen) atoms. The molecule has 1 N–H and O–H groups in total. The average molecular weight is 470 g/mol. The number of anilines is 2. The average Bonchev–Trinajstić information content (AvgIpc) is 2.56. The van der Waals surface area contributed by atoms with Crippen LogP contribution in [0.5, 0.6) is 0 Å². The van der Waals surface area contributed by atoms with E-state index >= 15 is 0 Å². The summed E-state index contributed by atoms with van der Waals surface area (Å²) in [5, 5.41) is 3.87. The molecule has 0 fully saturated rings. The maximum atomic E-state index is 12.2. The summed E-state index contributed by atoms with van der Waals surface area (Å²) in [6.45, 7) is 0.0581. The first-order valence-corrected chi connectivity index (χ1v) is 11.1. The number of rotatable bonds is 7. The molecular formula is C17H16Cl4N2O3S. The number of nitrogens with one attached hydrogen (secondary N) is 1. The number of amides is 1. The summed E-state index contributed by atoms with van der Waals surface area (Å²) in [4.78, 5) is 12.2. The Morgan fingerprint density at radius 3 is 2.26 bits per heavy atom. The molecule has 0 saturated heterocycles. The van der Waals surface area contributed by atoms with Gasteiger partial charge in [0.1, 0.15) is 0 Å². The molecule has 0 aliphatic heterocycles. The molecule has 2 rings (SSSR count). The van der Waals surface area contributed by atoms with Crippen molar-refractivity contribution in [3.8, 4) is 0 Å². The summed E-state index contributed by atoms with van der Waals surface area (Å²) < 4.78 is 25.4. The van der Waals surface area contributed by atoms with E-state index in [1.165, 1.54) is 12.1 Å². The van der Waals surface area contributed by atoms with Crippen LogP contribution in [-0.4, -0.2) is 27.1 Å². The molecule has 0 aromatic heterocycles. The van der Waals surface area contributed by atoms with Crippen molar-refractivity contribution in [2.75, 3.05) is 22.4 Å². The van der Waals surface area contributed by atoms with Gasteiger partial charge in [0.25, 0.3) is 0 Å². The van der Waals surface area contributed by atoms with Crippen LogP contribution in [0.1, 0.15) is 12.8 Å². The number of carbonyl (C=O) groups is 1. The van der Waals surface area contributed by atoms with Crippen LogP contribution in [0, 0.1) is 0 Å². The number of benzene rings is 2. The van der Waals surface area contributed by atoms with Crippen LogP contribution < -0.4 is 9.62 Å². The molecule has 5 nitrogen and oxygen atoms in total. The van der Waals surface area contributed by atoms with Crippen LogP contribution in [-0.2, 0) is 14.8 Å². The van der Waals surface area contributed by atoms with Crippen molar-refractivity contribution < 1.29 is 13.2 Å². The molecule has 0 heterocycles. The lowest BCUT2D eigenvalue weighted by Gasteiger charge is -2.23. The fraction of sp³-hybridized carbons (Fsp3) is 0.235. The van der Waals surface area contributed by atoms with E-state index < -0.39 is 10.0 Å². The molecule has 1 amide bonds. The van der Waals surface area contributed by atoms with Crippen LogP contribution in [0.15, 0.2) is 36.4 Å². The topological polar surface area (TPSA) is 66.5 Å². The first-order chi connectivity index (χ1) is 12.6. The number of halogens is 4. The lowest BCUT2D eigenvalue weighted by molar-refractivity contribution is -0.116. The smallest absolute Gasteiger partial charge is 0.232 e. The predicted octanol–water partition coefficient (Wildman–Crippen LogP) is 5.49. The Morgan fingerprint density at radius 2 is 1.67 bits per heavy atom. The summed E-state index contributed by atoms with van der Waals surface area (Å²) in [6, 6.07) is 9.43. The van der Waals surface area contributed by atoms with Gasteiger partial charge in [-0.25, -0.2) is 8.42 Å². The third-order valence-electron chi connectivity index (χ3n) is 3.57. The normalized spacial score (nSPS) is 11.3. The van der Waals surface area contributed by atoms with Gasteiger partial charge in [-0.15, -0.1) is 0 Å². The molecule has 0 aliphatic rings. The van der Waals surface area contributed by atoms with E-state index in [9.17, 15) is 13.2 Å². The summed E-state index contributed by atoms with van der Waals surface area (Å²) in [5.74, 6) is -0.337. The Hall–Kier alpha value is -1.18. The van der Waals surface area contributed by atoms with Gasteiger partial charge in [0, 0.05) is 18.0 Å². The van der Waals surface area contributed by atoms with Crippen molar-refractivity contribution in [1.29, 1.82) is 0 Å². The van der Waals surface area contributed by atoms with Gasteiger partial charge >= 0.3 is 0 Å². The van der Waals surface area contributed by atoms with E-state index in [-0.39, 0.29) is 36.0 Å². The van der Waals surface area contributed by atoms with Crippen molar-refractivity contribution >= 4 is 73.7 Å². The van der Waals surface area contributed by atoms with Crippen LogP contribution in [0.2, 0.25) is 20.1 Å². The van der Waals surface area contributed by atoms with Crippen molar-refractivity contribution in [2.24, 2.45) is 0 Å². The number of nitrogens with zero attached hydrogens (tertiary/aromatic N) is 1. The van der Waals surface area contributed by atoms with Gasteiger partial charge in [-0.05, 0) is 36.8 Å². The van der Waals surface area contributed by atoms with Crippen LogP contribution in [0.3, 0.4) is 0 Å². The zero-order valence-electron chi connectivity index (χ0n) is 14.2. The van der Waals surface area contributed by atoms with Crippen LogP contribution in [0.4, 0.5) is 11.4 Å². The van der Waals surface area contributed by atoms with Gasteiger partial charge < -0.3 is 5.32 Å². The van der Waals surface area contributed by atoms with E-state index in [0.29, 0.717) is 20.8 Å². The minimum atomic E-state index is -3.61. The van der Waals surface area contributed by atoms with Crippen molar-refractivity contribution in [3.63, 3.8) is 0 Å². The quantitative estimate of drug-likeness (QED) is 0.583. The third kappa shape index (κ3) is 6.16. The van der Waals surface area contributed by atoms with Crippen molar-refractivity contribution in [1.82, 2.24) is 0 Å². The predicted molar refractivity (Wildman–Crippen MR) is 113 cm³/mol. The Kier molecular flexibility index (Phi) is 7.65. The maximum absolute atomic E-state index is 12.2. The molecule has 2 aromatic carbocycles. The molecular weight excluding hydrogens is 454 g/mol. The minimum absolute atomic E-state index is 0.0581. The van der Waals surface area contributed by atoms with Gasteiger partial charge in [-0.3, -0.25) is 9.10 Å². The Balaban J connectivity index is 2.06. The second-order valence-corrected chi connectivity index (χ2v) is 9.24. The SMILES string of the molecule is CS(=O)(=O)N(CCCC(=O)Nc1c(Cl)cccc1Cl)c1cc(Cl)ccc1Cl. The number of sulfonamides is 1. The molecule has 0 aliphatic carbocycles. The molecule has 0 atom stereocenters. The molecule has 0 unspecified atom stereocenters. The Labute approximate surface area is 178 Å². The lowest BCUT2D eigenvalue weighted by atomic mass is 10.2. The number of hydrogen-bond acceptors (Lipinski definition) is 3. The Bertz CT molecular complexity index is 931. The first kappa shape index (κ1) is 22.1. The Morgan fingerprint density at radius 1 is 1.04 bits per heavy atom. The second-order valence-electron chi connectivity index (χ2n) is 5.68. The van der Waals surface area contributed by atoms with E-state index in [1.807, 2.05) is 0 Å². The first-order valence-electron chi connectivity index (χ1n) is 7.76. The van der Waals surface area contributed by atoms with Crippen LogP contribution >= 0.6 is 46.4 Å². The monoisotopic (exact) mass is 468 g/mol. The number of para-hydroxylation sites is 1. The summed E-state index contributed by atoms with van der Waals surface area (Å²) in [7, 11) is -3.61. The fourth-order valence-corrected chi connectivity index (χ4v) is 4.24. The zero-order valence-corrected chi connectivity index (χ0v) is 18.0. The lowest BCUT2D eigenvalue weighted by Crippen LogP contribution is -2.31. The highest BCUT2D eigenvalue weighted by molar-refractivity contribution is 7.92. The molecule has 146 valence electrons. The minimum Gasteiger partial charge on any atom is -0.324 e. The summed E-state index contributed by atoms with van der Waals surface area (Å²) in [5.41, 5.74) is 0.588. The van der Waals surface area contributed by atoms with Crippen molar-refractivity contribution in [3.05, 3.63) is 56.5 Å². The maximum Gasteiger partial charge on any atom is 0.232 e. The third-order valence-corrected chi connectivity index (χ3v) is 5.93. The van der Waals surface area contributed by atoms with E-state index in [4.69, 9.17) is 46.4 Å². The molecule has 2 aromatic rings. The second kappa shape index (κ2) is 9.34. The molecule has 0 spiro atoms. The largest absolute Gasteiger partial charge is 0.324 e. The van der Waals surface area contributed by atoms with Gasteiger partial charge in [0.2, 0.25) is 15.9 Å². The molecule has 0 saturated carbocycles. The van der Waals surface area contributed by atoms with Gasteiger partial charge in [0.05, 0.1) is 32.7 Å². The van der Waals surface area contributed by atoms with Gasteiger partial charge in [0.15, 0.2) is 0 Å². The van der Waals surface area contributed by atoms with E-state index in [1.54, 1.807) is 24.3 Å². The van der Waals surface area contributed by atoms with Gasteiger partial charge in [-0.2, -0.15) is 0 Å². The standard InChI is InChI=1S/C17H16Cl4N2O3S/c1-27(25,26)23(15-10-11(18)7-8-12(15)19)9-3-6-16(24)22-17-13(20)4-2-5-14(17)21/h2,4-5,7-8,10H,3,6,9H2,1H3,(H,22,24). The highest BCUT2D eigenvalue weighted by Gasteiger charge is 2.20. The molecule has 10 heteroatoms. The van der Waals surface area contributed by atoms with Gasteiger partial charge in [-0.1, -0.05) is 52.5 Å². The molecule has 0 radical (unpaired) electrons. The fourth-order valence-electron chi connectivity index (χ4n) is 2.34. The van der Waals surface area contributed by atoms with E-state index in [2.05, 4.69) is 5.32 Å². The molecule has 0 bridgehead atoms.